The molecule has 0 aromatic heterocycles. The summed E-state index contributed by atoms with van der Waals surface area (Å²) in [5.74, 6) is -1.62. The van der Waals surface area contributed by atoms with E-state index in [1.807, 2.05) is 0 Å². The number of benzene rings is 2. The van der Waals surface area contributed by atoms with Gasteiger partial charge >= 0.3 is 0 Å². The lowest BCUT2D eigenvalue weighted by atomic mass is 10.2. The first kappa shape index (κ1) is 14.2. The summed E-state index contributed by atoms with van der Waals surface area (Å²) in [6.45, 7) is 0. The summed E-state index contributed by atoms with van der Waals surface area (Å²) in [5, 5.41) is 40.7. The van der Waals surface area contributed by atoms with Gasteiger partial charge < -0.3 is 20.4 Å². The van der Waals surface area contributed by atoms with Crippen molar-refractivity contribution in [1.29, 1.82) is 0 Å². The number of hydrazone groups is 1. The Hall–Kier alpha value is -3.22. The summed E-state index contributed by atoms with van der Waals surface area (Å²) >= 11 is 0. The van der Waals surface area contributed by atoms with Crippen LogP contribution in [-0.4, -0.2) is 32.5 Å². The van der Waals surface area contributed by atoms with E-state index >= 15 is 0 Å². The SMILES string of the molecule is O=C(NN=Cc1ccc(O)cc1O)c1ccc(O)c(O)c1. The lowest BCUT2D eigenvalue weighted by Crippen LogP contribution is -2.17. The van der Waals surface area contributed by atoms with Crippen LogP contribution in [0, 0.1) is 0 Å². The molecule has 0 bridgehead atoms. The third-order valence-electron chi connectivity index (χ3n) is 2.62. The smallest absolute Gasteiger partial charge is 0.271 e. The predicted octanol–water partition coefficient (Wildman–Crippen LogP) is 1.27. The average Bonchev–Trinajstić information content (AvgIpc) is 2.44. The summed E-state index contributed by atoms with van der Waals surface area (Å²) in [6.07, 6.45) is 1.20. The van der Waals surface area contributed by atoms with E-state index in [0.29, 0.717) is 5.56 Å². The second-order valence-electron chi connectivity index (χ2n) is 4.15. The molecule has 7 heteroatoms. The van der Waals surface area contributed by atoms with Crippen molar-refractivity contribution < 1.29 is 25.2 Å². The van der Waals surface area contributed by atoms with Gasteiger partial charge in [0, 0.05) is 17.2 Å². The van der Waals surface area contributed by atoms with Gasteiger partial charge in [0.2, 0.25) is 0 Å². The maximum absolute atomic E-state index is 11.7. The quantitative estimate of drug-likeness (QED) is 0.331. The molecule has 0 heterocycles. The van der Waals surface area contributed by atoms with Gasteiger partial charge in [-0.1, -0.05) is 0 Å². The molecule has 0 aliphatic rings. The first-order chi connectivity index (χ1) is 9.97. The molecule has 0 atom stereocenters. The predicted molar refractivity (Wildman–Crippen MR) is 74.6 cm³/mol. The molecule has 0 saturated heterocycles. The minimum atomic E-state index is -0.597. The average molecular weight is 288 g/mol. The molecule has 7 nitrogen and oxygen atoms in total. The molecule has 2 aromatic carbocycles. The maximum Gasteiger partial charge on any atom is 0.271 e. The van der Waals surface area contributed by atoms with Crippen LogP contribution in [0.3, 0.4) is 0 Å². The van der Waals surface area contributed by atoms with E-state index in [2.05, 4.69) is 10.5 Å². The fourth-order valence-corrected chi connectivity index (χ4v) is 1.53. The van der Waals surface area contributed by atoms with Crippen LogP contribution in [0.1, 0.15) is 15.9 Å². The number of carbonyl (C=O) groups excluding carboxylic acids is 1. The van der Waals surface area contributed by atoms with E-state index in [1.54, 1.807) is 0 Å². The zero-order valence-electron chi connectivity index (χ0n) is 10.7. The summed E-state index contributed by atoms with van der Waals surface area (Å²) in [4.78, 5) is 11.7. The Balaban J connectivity index is 2.06. The highest BCUT2D eigenvalue weighted by atomic mass is 16.3. The molecule has 2 rings (SSSR count). The molecule has 5 N–H and O–H groups in total. The van der Waals surface area contributed by atoms with E-state index in [1.165, 1.54) is 30.5 Å². The largest absolute Gasteiger partial charge is 0.508 e. The van der Waals surface area contributed by atoms with Crippen molar-refractivity contribution in [3.8, 4) is 23.0 Å². The van der Waals surface area contributed by atoms with Gasteiger partial charge in [0.05, 0.1) is 6.21 Å². The fraction of sp³-hybridized carbons (Fsp3) is 0. The number of nitrogens with one attached hydrogen (secondary N) is 1. The number of nitrogens with zero attached hydrogens (tertiary/aromatic N) is 1. The number of phenols is 4. The van der Waals surface area contributed by atoms with E-state index in [4.69, 9.17) is 10.2 Å². The number of rotatable bonds is 3. The molecule has 0 spiro atoms. The molecule has 21 heavy (non-hydrogen) atoms. The van der Waals surface area contributed by atoms with Crippen LogP contribution >= 0.6 is 0 Å². The zero-order valence-corrected chi connectivity index (χ0v) is 10.7. The molecule has 0 fully saturated rings. The van der Waals surface area contributed by atoms with E-state index in [9.17, 15) is 15.0 Å². The van der Waals surface area contributed by atoms with Gasteiger partial charge in [-0.2, -0.15) is 5.10 Å². The minimum absolute atomic E-state index is 0.0896. The monoisotopic (exact) mass is 288 g/mol. The summed E-state index contributed by atoms with van der Waals surface area (Å²) < 4.78 is 0. The number of hydrogen-bond acceptors (Lipinski definition) is 6. The van der Waals surface area contributed by atoms with Crippen LogP contribution in [0.5, 0.6) is 23.0 Å². The fourth-order valence-electron chi connectivity index (χ4n) is 1.53. The second-order valence-corrected chi connectivity index (χ2v) is 4.15. The van der Waals surface area contributed by atoms with Crippen LogP contribution in [0.2, 0.25) is 0 Å². The number of aromatic hydroxyl groups is 4. The minimum Gasteiger partial charge on any atom is -0.508 e. The third kappa shape index (κ3) is 3.41. The first-order valence-electron chi connectivity index (χ1n) is 5.85. The van der Waals surface area contributed by atoms with Gasteiger partial charge in [0.15, 0.2) is 11.5 Å². The molecule has 0 saturated carbocycles. The second kappa shape index (κ2) is 5.83. The summed E-state index contributed by atoms with van der Waals surface area (Å²) in [7, 11) is 0. The van der Waals surface area contributed by atoms with Gasteiger partial charge in [0.25, 0.3) is 5.91 Å². The van der Waals surface area contributed by atoms with Crippen LogP contribution in [0.15, 0.2) is 41.5 Å². The van der Waals surface area contributed by atoms with Gasteiger partial charge in [-0.15, -0.1) is 0 Å². The lowest BCUT2D eigenvalue weighted by molar-refractivity contribution is 0.0954. The highest BCUT2D eigenvalue weighted by Gasteiger charge is 2.07. The van der Waals surface area contributed by atoms with E-state index in [-0.39, 0.29) is 22.8 Å². The van der Waals surface area contributed by atoms with Crippen molar-refractivity contribution in [3.63, 3.8) is 0 Å². The molecule has 0 radical (unpaired) electrons. The van der Waals surface area contributed by atoms with Crippen molar-refractivity contribution in [1.82, 2.24) is 5.43 Å². The Kier molecular flexibility index (Phi) is 3.94. The number of carbonyl (C=O) groups is 1. The van der Waals surface area contributed by atoms with Crippen LogP contribution < -0.4 is 5.43 Å². The molecular weight excluding hydrogens is 276 g/mol. The Morgan fingerprint density at radius 1 is 0.952 bits per heavy atom. The molecule has 108 valence electrons. The van der Waals surface area contributed by atoms with Crippen LogP contribution in [-0.2, 0) is 0 Å². The number of phenolic OH excluding ortho intramolecular Hbond substituents is 4. The highest BCUT2D eigenvalue weighted by molar-refractivity contribution is 5.95. The Bertz CT molecular complexity index is 713. The van der Waals surface area contributed by atoms with Gasteiger partial charge in [-0.25, -0.2) is 5.43 Å². The lowest BCUT2D eigenvalue weighted by Gasteiger charge is -2.02. The van der Waals surface area contributed by atoms with Crippen molar-refractivity contribution in [3.05, 3.63) is 47.5 Å². The summed E-state index contributed by atoms with van der Waals surface area (Å²) in [5.41, 5.74) is 2.62. The van der Waals surface area contributed by atoms with Crippen molar-refractivity contribution in [2.45, 2.75) is 0 Å². The number of amides is 1. The summed E-state index contributed by atoms with van der Waals surface area (Å²) in [6, 6.07) is 7.52. The molecule has 0 unspecified atom stereocenters. The van der Waals surface area contributed by atoms with Crippen LogP contribution in [0.4, 0.5) is 0 Å². The van der Waals surface area contributed by atoms with E-state index < -0.39 is 11.7 Å². The Morgan fingerprint density at radius 3 is 2.38 bits per heavy atom. The normalized spacial score (nSPS) is 10.7. The van der Waals surface area contributed by atoms with Crippen molar-refractivity contribution in [2.75, 3.05) is 0 Å². The number of hydrogen-bond donors (Lipinski definition) is 5. The highest BCUT2D eigenvalue weighted by Crippen LogP contribution is 2.24. The molecule has 0 aliphatic heterocycles. The van der Waals surface area contributed by atoms with Crippen molar-refractivity contribution >= 4 is 12.1 Å². The molecule has 1 amide bonds. The molecule has 0 aliphatic carbocycles. The van der Waals surface area contributed by atoms with Gasteiger partial charge in [-0.05, 0) is 30.3 Å². The van der Waals surface area contributed by atoms with Gasteiger partial charge in [-0.3, -0.25) is 4.79 Å². The molecular formula is C14H12N2O5. The van der Waals surface area contributed by atoms with Crippen LogP contribution in [0.25, 0.3) is 0 Å². The third-order valence-corrected chi connectivity index (χ3v) is 2.62. The standard InChI is InChI=1S/C14H12N2O5/c17-10-3-1-9(12(19)6-10)7-15-16-14(21)8-2-4-11(18)13(20)5-8/h1-7,17-20H,(H,16,21). The Labute approximate surface area is 119 Å². The first-order valence-corrected chi connectivity index (χ1v) is 5.85. The Morgan fingerprint density at radius 2 is 1.71 bits per heavy atom. The van der Waals surface area contributed by atoms with Crippen molar-refractivity contribution in [2.24, 2.45) is 5.10 Å². The topological polar surface area (TPSA) is 122 Å². The maximum atomic E-state index is 11.7. The molecule has 2 aromatic rings. The van der Waals surface area contributed by atoms with E-state index in [0.717, 1.165) is 12.1 Å². The van der Waals surface area contributed by atoms with Gasteiger partial charge in [0.1, 0.15) is 11.5 Å². The zero-order chi connectivity index (χ0) is 15.4.